The van der Waals surface area contributed by atoms with Crippen molar-refractivity contribution in [2.45, 2.75) is 129 Å². The average Bonchev–Trinajstić information content (AvgIpc) is 3.15. The quantitative estimate of drug-likeness (QED) is 0.215. The van der Waals surface area contributed by atoms with Crippen LogP contribution in [0.4, 0.5) is 0 Å². The van der Waals surface area contributed by atoms with E-state index in [2.05, 4.69) is 70.5 Å². The number of hydrogen-bond acceptors (Lipinski definition) is 2. The monoisotopic (exact) mass is 564 g/mol. The first-order valence-corrected chi connectivity index (χ1v) is 16.8. The SMILES string of the molecule is CC(C)CCC[C@H](C)[C@@H]1CC[C@@H]2[C@@H]3CC=C4C[C@@H](SC(=O)[C@H](Br)C(C)C)CC[C@]4(C)[C@H]3CC[C@@]21C. The Morgan fingerprint density at radius 1 is 1.03 bits per heavy atom. The van der Waals surface area contributed by atoms with Gasteiger partial charge >= 0.3 is 0 Å². The molecule has 0 spiro atoms. The lowest BCUT2D eigenvalue weighted by Crippen LogP contribution is -2.50. The highest BCUT2D eigenvalue weighted by atomic mass is 79.9. The number of thioether (sulfide) groups is 1. The summed E-state index contributed by atoms with van der Waals surface area (Å²) in [5, 5.41) is 0.824. The molecule has 4 rings (SSSR count). The molecule has 0 aromatic rings. The molecule has 0 aromatic heterocycles. The first-order valence-electron chi connectivity index (χ1n) is 15.0. The molecule has 3 saturated carbocycles. The molecular formula is C32H53BrOS. The lowest BCUT2D eigenvalue weighted by molar-refractivity contribution is -0.111. The second kappa shape index (κ2) is 11.2. The van der Waals surface area contributed by atoms with Gasteiger partial charge in [0.05, 0.1) is 4.83 Å². The van der Waals surface area contributed by atoms with Gasteiger partial charge in [-0.15, -0.1) is 0 Å². The van der Waals surface area contributed by atoms with Gasteiger partial charge in [0.2, 0.25) is 5.12 Å². The summed E-state index contributed by atoms with van der Waals surface area (Å²) >= 11 is 5.28. The van der Waals surface area contributed by atoms with Crippen molar-refractivity contribution >= 4 is 32.8 Å². The van der Waals surface area contributed by atoms with Crippen molar-refractivity contribution < 1.29 is 4.79 Å². The Hall–Kier alpha value is 0.240. The maximum absolute atomic E-state index is 12.8. The molecule has 0 amide bonds. The van der Waals surface area contributed by atoms with E-state index in [-0.39, 0.29) is 4.83 Å². The molecule has 9 atom stereocenters. The van der Waals surface area contributed by atoms with E-state index in [0.29, 0.717) is 27.1 Å². The number of hydrogen-bond donors (Lipinski definition) is 0. The molecular weight excluding hydrogens is 512 g/mol. The highest BCUT2D eigenvalue weighted by molar-refractivity contribution is 9.10. The average molecular weight is 566 g/mol. The lowest BCUT2D eigenvalue weighted by atomic mass is 9.47. The highest BCUT2D eigenvalue weighted by Crippen LogP contribution is 2.67. The summed E-state index contributed by atoms with van der Waals surface area (Å²) in [6.45, 7) is 16.9. The van der Waals surface area contributed by atoms with Crippen LogP contribution >= 0.6 is 27.7 Å². The van der Waals surface area contributed by atoms with Crippen molar-refractivity contribution in [3.05, 3.63) is 11.6 Å². The predicted octanol–water partition coefficient (Wildman–Crippen LogP) is 10.1. The largest absolute Gasteiger partial charge is 0.286 e. The number of allylic oxidation sites excluding steroid dienone is 2. The standard InChI is InChI=1S/C32H53BrOS/c1-20(2)9-8-10-22(5)26-13-14-27-25-12-11-23-19-24(35-30(34)29(33)21(3)4)15-17-31(23,6)28(25)16-18-32(26,27)7/h11,20-22,24-29H,8-10,12-19H2,1-7H3/t22-,24-,25-,26-,27+,28-,29+,31-,32+/m0/s1. The Morgan fingerprint density at radius 3 is 2.46 bits per heavy atom. The highest BCUT2D eigenvalue weighted by Gasteiger charge is 2.59. The van der Waals surface area contributed by atoms with Gasteiger partial charge in [0.1, 0.15) is 0 Å². The van der Waals surface area contributed by atoms with Gasteiger partial charge in [0.25, 0.3) is 0 Å². The number of halogens is 1. The lowest BCUT2D eigenvalue weighted by Gasteiger charge is -2.58. The van der Waals surface area contributed by atoms with Crippen LogP contribution in [0, 0.1) is 52.3 Å². The number of carbonyl (C=O) groups excluding carboxylic acids is 1. The van der Waals surface area contributed by atoms with E-state index < -0.39 is 0 Å². The van der Waals surface area contributed by atoms with Crippen LogP contribution in [0.15, 0.2) is 11.6 Å². The van der Waals surface area contributed by atoms with Gasteiger partial charge in [0, 0.05) is 5.25 Å². The van der Waals surface area contributed by atoms with Gasteiger partial charge in [-0.25, -0.2) is 0 Å². The maximum atomic E-state index is 12.8. The van der Waals surface area contributed by atoms with Gasteiger partial charge in [-0.3, -0.25) is 4.79 Å². The molecule has 1 nitrogen and oxygen atoms in total. The Kier molecular flexibility index (Phi) is 9.00. The summed E-state index contributed by atoms with van der Waals surface area (Å²) in [5.41, 5.74) is 2.67. The zero-order chi connectivity index (χ0) is 25.5. The van der Waals surface area contributed by atoms with Crippen LogP contribution < -0.4 is 0 Å². The molecule has 0 bridgehead atoms. The van der Waals surface area contributed by atoms with Crippen LogP contribution in [0.5, 0.6) is 0 Å². The first kappa shape index (κ1) is 28.3. The van der Waals surface area contributed by atoms with Crippen molar-refractivity contribution in [1.82, 2.24) is 0 Å². The maximum Gasteiger partial charge on any atom is 0.203 e. The van der Waals surface area contributed by atoms with E-state index in [1.165, 1.54) is 64.2 Å². The van der Waals surface area contributed by atoms with Crippen molar-refractivity contribution in [2.75, 3.05) is 0 Å². The number of carbonyl (C=O) groups is 1. The van der Waals surface area contributed by atoms with E-state index in [1.54, 1.807) is 17.3 Å². The third-order valence-electron chi connectivity index (χ3n) is 11.4. The molecule has 0 unspecified atom stereocenters. The van der Waals surface area contributed by atoms with Gasteiger partial charge in [-0.1, -0.05) is 107 Å². The molecule has 0 aromatic carbocycles. The molecule has 4 aliphatic carbocycles. The fraction of sp³-hybridized carbons (Fsp3) is 0.906. The molecule has 0 heterocycles. The van der Waals surface area contributed by atoms with Crippen LogP contribution in [0.2, 0.25) is 0 Å². The number of rotatable bonds is 8. The van der Waals surface area contributed by atoms with Crippen LogP contribution in [-0.2, 0) is 4.79 Å². The second-order valence-electron chi connectivity index (χ2n) is 14.2. The van der Waals surface area contributed by atoms with E-state index in [9.17, 15) is 4.79 Å². The zero-order valence-corrected chi connectivity index (χ0v) is 26.1. The van der Waals surface area contributed by atoms with Gasteiger partial charge in [-0.2, -0.15) is 0 Å². The van der Waals surface area contributed by atoms with Gasteiger partial charge < -0.3 is 0 Å². The van der Waals surface area contributed by atoms with Crippen molar-refractivity contribution in [2.24, 2.45) is 52.3 Å². The zero-order valence-electron chi connectivity index (χ0n) is 23.7. The third-order valence-corrected chi connectivity index (χ3v) is 14.4. The predicted molar refractivity (Wildman–Crippen MR) is 157 cm³/mol. The Balaban J connectivity index is 1.43. The fourth-order valence-corrected chi connectivity index (χ4v) is 10.8. The Morgan fingerprint density at radius 2 is 1.77 bits per heavy atom. The summed E-state index contributed by atoms with van der Waals surface area (Å²) in [7, 11) is 0. The van der Waals surface area contributed by atoms with E-state index in [1.807, 2.05) is 0 Å². The van der Waals surface area contributed by atoms with E-state index >= 15 is 0 Å². The molecule has 0 N–H and O–H groups in total. The topological polar surface area (TPSA) is 17.1 Å². The van der Waals surface area contributed by atoms with Crippen LogP contribution in [0.25, 0.3) is 0 Å². The molecule has 0 radical (unpaired) electrons. The summed E-state index contributed by atoms with van der Waals surface area (Å²) in [6.07, 6.45) is 17.7. The molecule has 200 valence electrons. The van der Waals surface area contributed by atoms with Crippen LogP contribution in [0.1, 0.15) is 119 Å². The second-order valence-corrected chi connectivity index (χ2v) is 16.5. The van der Waals surface area contributed by atoms with Crippen LogP contribution in [0.3, 0.4) is 0 Å². The summed E-state index contributed by atoms with van der Waals surface area (Å²) in [4.78, 5) is 12.8. The van der Waals surface area contributed by atoms with Crippen LogP contribution in [-0.4, -0.2) is 15.2 Å². The molecule has 35 heavy (non-hydrogen) atoms. The summed E-state index contributed by atoms with van der Waals surface area (Å²) in [6, 6.07) is 0. The van der Waals surface area contributed by atoms with Crippen molar-refractivity contribution in [1.29, 1.82) is 0 Å². The molecule has 0 aliphatic heterocycles. The van der Waals surface area contributed by atoms with Crippen molar-refractivity contribution in [3.63, 3.8) is 0 Å². The van der Waals surface area contributed by atoms with E-state index in [0.717, 1.165) is 41.9 Å². The number of alkyl halides is 1. The van der Waals surface area contributed by atoms with Gasteiger partial charge in [0.15, 0.2) is 0 Å². The minimum atomic E-state index is -0.00961. The minimum absolute atomic E-state index is 0.00961. The molecule has 0 saturated heterocycles. The molecule has 3 heteroatoms. The Labute approximate surface area is 229 Å². The summed E-state index contributed by atoms with van der Waals surface area (Å²) in [5.74, 6) is 5.74. The van der Waals surface area contributed by atoms with E-state index in [4.69, 9.17) is 0 Å². The van der Waals surface area contributed by atoms with Crippen molar-refractivity contribution in [3.8, 4) is 0 Å². The van der Waals surface area contributed by atoms with Gasteiger partial charge in [-0.05, 0) is 104 Å². The summed E-state index contributed by atoms with van der Waals surface area (Å²) < 4.78 is 0. The Bertz CT molecular complexity index is 788. The molecule has 4 aliphatic rings. The normalized spacial score (nSPS) is 40.6. The fourth-order valence-electron chi connectivity index (χ4n) is 9.25. The number of fused-ring (bicyclic) bond motifs is 5. The minimum Gasteiger partial charge on any atom is -0.286 e. The molecule has 3 fully saturated rings. The third kappa shape index (κ3) is 5.53. The smallest absolute Gasteiger partial charge is 0.203 e. The first-order chi connectivity index (χ1) is 16.5.